The Morgan fingerprint density at radius 1 is 0.906 bits per heavy atom. The fraction of sp³-hybridized carbons (Fsp3) is 0.458. The third kappa shape index (κ3) is 5.56. The minimum absolute atomic E-state index is 0.137. The average Bonchev–Trinajstić information content (AvgIpc) is 2.84. The van der Waals surface area contributed by atoms with Crippen molar-refractivity contribution in [1.29, 1.82) is 0 Å². The average molecular weight is 458 g/mol. The van der Waals surface area contributed by atoms with E-state index in [4.69, 9.17) is 4.74 Å². The Morgan fingerprint density at radius 3 is 2.38 bits per heavy atom. The van der Waals surface area contributed by atoms with Crippen LogP contribution < -0.4 is 5.32 Å². The largest absolute Gasteiger partial charge is 0.379 e. The van der Waals surface area contributed by atoms with Crippen molar-refractivity contribution in [1.82, 2.24) is 14.5 Å². The summed E-state index contributed by atoms with van der Waals surface area (Å²) in [7, 11) is -3.64. The highest BCUT2D eigenvalue weighted by atomic mass is 32.2. The Kier molecular flexibility index (Phi) is 7.57. The molecule has 0 saturated carbocycles. The summed E-state index contributed by atoms with van der Waals surface area (Å²) in [6.45, 7) is 4.95. The van der Waals surface area contributed by atoms with Crippen LogP contribution in [0.2, 0.25) is 0 Å². The molecule has 0 aromatic heterocycles. The number of hydrogen-bond donors (Lipinski definition) is 1. The van der Waals surface area contributed by atoms with E-state index in [0.717, 1.165) is 25.2 Å². The van der Waals surface area contributed by atoms with Crippen LogP contribution in [-0.4, -0.2) is 62.9 Å². The molecule has 0 spiro atoms. The fourth-order valence-electron chi connectivity index (χ4n) is 4.25. The predicted molar refractivity (Wildman–Crippen MR) is 123 cm³/mol. The molecular formula is C24H31N3O4S. The first-order valence-corrected chi connectivity index (χ1v) is 12.7. The first kappa shape index (κ1) is 22.9. The van der Waals surface area contributed by atoms with Crippen LogP contribution in [0.4, 0.5) is 0 Å². The Labute approximate surface area is 190 Å². The van der Waals surface area contributed by atoms with Gasteiger partial charge in [0.25, 0.3) is 5.91 Å². The number of morpholine rings is 1. The standard InChI is InChI=1S/C24H31N3O4S/c28-24(20-9-6-10-23(17-20)32(29,30)27-13-15-31-16-14-27)25-18-21-7-2-3-8-22(21)19-26-11-4-1-5-12-26/h2-3,6-10,17H,1,4-5,11-16,18-19H2,(H,25,28). The number of sulfonamides is 1. The zero-order valence-corrected chi connectivity index (χ0v) is 19.1. The van der Waals surface area contributed by atoms with Crippen LogP contribution in [0.25, 0.3) is 0 Å². The van der Waals surface area contributed by atoms with E-state index in [1.54, 1.807) is 12.1 Å². The van der Waals surface area contributed by atoms with Crippen molar-refractivity contribution in [2.24, 2.45) is 0 Å². The molecule has 2 aliphatic heterocycles. The smallest absolute Gasteiger partial charge is 0.251 e. The maximum atomic E-state index is 12.9. The van der Waals surface area contributed by atoms with Gasteiger partial charge in [-0.15, -0.1) is 0 Å². The molecule has 0 bridgehead atoms. The highest BCUT2D eigenvalue weighted by molar-refractivity contribution is 7.89. The van der Waals surface area contributed by atoms with Gasteiger partial charge in [0.05, 0.1) is 18.1 Å². The second-order valence-electron chi connectivity index (χ2n) is 8.33. The number of benzene rings is 2. The molecule has 1 amide bonds. The zero-order valence-electron chi connectivity index (χ0n) is 18.3. The van der Waals surface area contributed by atoms with Crippen LogP contribution in [-0.2, 0) is 27.8 Å². The van der Waals surface area contributed by atoms with Gasteiger partial charge in [-0.25, -0.2) is 8.42 Å². The van der Waals surface area contributed by atoms with Crippen molar-refractivity contribution < 1.29 is 17.9 Å². The van der Waals surface area contributed by atoms with Gasteiger partial charge in [0.2, 0.25) is 10.0 Å². The molecule has 1 N–H and O–H groups in total. The molecule has 2 saturated heterocycles. The van der Waals surface area contributed by atoms with Gasteiger partial charge in [-0.05, 0) is 55.3 Å². The van der Waals surface area contributed by atoms with Crippen LogP contribution in [0.5, 0.6) is 0 Å². The molecule has 2 aromatic rings. The fourth-order valence-corrected chi connectivity index (χ4v) is 5.71. The summed E-state index contributed by atoms with van der Waals surface area (Å²) in [6, 6.07) is 14.4. The number of carbonyl (C=O) groups excluding carboxylic acids is 1. The summed E-state index contributed by atoms with van der Waals surface area (Å²) >= 11 is 0. The molecule has 0 aliphatic carbocycles. The SMILES string of the molecule is O=C(NCc1ccccc1CN1CCCCC1)c1cccc(S(=O)(=O)N2CCOCC2)c1. The molecule has 32 heavy (non-hydrogen) atoms. The summed E-state index contributed by atoms with van der Waals surface area (Å²) in [5.41, 5.74) is 2.65. The molecule has 0 radical (unpaired) electrons. The third-order valence-electron chi connectivity index (χ3n) is 6.10. The number of carbonyl (C=O) groups is 1. The highest BCUT2D eigenvalue weighted by Gasteiger charge is 2.27. The van der Waals surface area contributed by atoms with Crippen molar-refractivity contribution >= 4 is 15.9 Å². The molecule has 0 unspecified atom stereocenters. The molecule has 2 heterocycles. The Morgan fingerprint density at radius 2 is 1.62 bits per heavy atom. The number of amides is 1. The van der Waals surface area contributed by atoms with E-state index in [-0.39, 0.29) is 10.8 Å². The predicted octanol–water partition coefficient (Wildman–Crippen LogP) is 2.62. The Balaban J connectivity index is 1.42. The minimum Gasteiger partial charge on any atom is -0.379 e. The normalized spacial score (nSPS) is 18.4. The van der Waals surface area contributed by atoms with Crippen molar-refractivity contribution in [3.05, 3.63) is 65.2 Å². The van der Waals surface area contributed by atoms with E-state index in [1.165, 1.54) is 41.3 Å². The lowest BCUT2D eigenvalue weighted by molar-refractivity contribution is 0.0730. The van der Waals surface area contributed by atoms with Gasteiger partial charge in [-0.3, -0.25) is 9.69 Å². The van der Waals surface area contributed by atoms with Crippen LogP contribution >= 0.6 is 0 Å². The molecule has 172 valence electrons. The van der Waals surface area contributed by atoms with Gasteiger partial charge in [0.1, 0.15) is 0 Å². The zero-order chi connectivity index (χ0) is 22.4. The van der Waals surface area contributed by atoms with Crippen LogP contribution in [0.1, 0.15) is 40.7 Å². The molecule has 8 heteroatoms. The number of rotatable bonds is 7. The minimum atomic E-state index is -3.64. The maximum Gasteiger partial charge on any atom is 0.251 e. The number of ether oxygens (including phenoxy) is 1. The molecule has 2 aliphatic rings. The van der Waals surface area contributed by atoms with Gasteiger partial charge in [0, 0.05) is 31.7 Å². The van der Waals surface area contributed by atoms with E-state index >= 15 is 0 Å². The van der Waals surface area contributed by atoms with Crippen molar-refractivity contribution in [2.75, 3.05) is 39.4 Å². The number of nitrogens with zero attached hydrogens (tertiary/aromatic N) is 2. The number of nitrogens with one attached hydrogen (secondary N) is 1. The van der Waals surface area contributed by atoms with Gasteiger partial charge >= 0.3 is 0 Å². The lowest BCUT2D eigenvalue weighted by Gasteiger charge is -2.27. The van der Waals surface area contributed by atoms with Crippen LogP contribution in [0.15, 0.2) is 53.4 Å². The summed E-state index contributed by atoms with van der Waals surface area (Å²) in [5, 5.41) is 2.97. The van der Waals surface area contributed by atoms with Crippen LogP contribution in [0.3, 0.4) is 0 Å². The third-order valence-corrected chi connectivity index (χ3v) is 8.00. The quantitative estimate of drug-likeness (QED) is 0.692. The highest BCUT2D eigenvalue weighted by Crippen LogP contribution is 2.19. The summed E-state index contributed by atoms with van der Waals surface area (Å²) in [6.07, 6.45) is 3.78. The lowest BCUT2D eigenvalue weighted by atomic mass is 10.0. The maximum absolute atomic E-state index is 12.9. The van der Waals surface area contributed by atoms with Crippen molar-refractivity contribution in [3.63, 3.8) is 0 Å². The van der Waals surface area contributed by atoms with Gasteiger partial charge < -0.3 is 10.1 Å². The topological polar surface area (TPSA) is 79.0 Å². The van der Waals surface area contributed by atoms with E-state index in [1.807, 2.05) is 18.2 Å². The number of hydrogen-bond acceptors (Lipinski definition) is 5. The first-order chi connectivity index (χ1) is 15.5. The lowest BCUT2D eigenvalue weighted by Crippen LogP contribution is -2.40. The number of likely N-dealkylation sites (tertiary alicyclic amines) is 1. The summed E-state index contributed by atoms with van der Waals surface area (Å²) in [5.74, 6) is -0.281. The van der Waals surface area contributed by atoms with E-state index in [0.29, 0.717) is 38.4 Å². The van der Waals surface area contributed by atoms with Crippen molar-refractivity contribution in [3.8, 4) is 0 Å². The molecule has 2 fully saturated rings. The molecule has 7 nitrogen and oxygen atoms in total. The van der Waals surface area contributed by atoms with E-state index < -0.39 is 10.0 Å². The molecule has 0 atom stereocenters. The summed E-state index contributed by atoms with van der Waals surface area (Å²) < 4.78 is 32.5. The van der Waals surface area contributed by atoms with Crippen LogP contribution in [0, 0.1) is 0 Å². The monoisotopic (exact) mass is 457 g/mol. The second-order valence-corrected chi connectivity index (χ2v) is 10.3. The van der Waals surface area contributed by atoms with Crippen molar-refractivity contribution in [2.45, 2.75) is 37.2 Å². The van der Waals surface area contributed by atoms with Gasteiger partial charge in [-0.2, -0.15) is 4.31 Å². The summed E-state index contributed by atoms with van der Waals surface area (Å²) in [4.78, 5) is 15.4. The second kappa shape index (κ2) is 10.6. The first-order valence-electron chi connectivity index (χ1n) is 11.3. The molecular weight excluding hydrogens is 426 g/mol. The van der Waals surface area contributed by atoms with Gasteiger partial charge in [0.15, 0.2) is 0 Å². The van der Waals surface area contributed by atoms with E-state index in [2.05, 4.69) is 16.3 Å². The van der Waals surface area contributed by atoms with Gasteiger partial charge in [-0.1, -0.05) is 36.8 Å². The number of piperidine rings is 1. The Hall–Kier alpha value is -2.26. The molecule has 2 aromatic carbocycles. The van der Waals surface area contributed by atoms with E-state index in [9.17, 15) is 13.2 Å². The Bertz CT molecular complexity index is 1030. The molecule has 4 rings (SSSR count).